The van der Waals surface area contributed by atoms with Crippen LogP contribution in [0.25, 0.3) is 0 Å². The molecule has 1 atom stereocenters. The van der Waals surface area contributed by atoms with Crippen LogP contribution in [0.2, 0.25) is 0 Å². The predicted molar refractivity (Wildman–Crippen MR) is 83.3 cm³/mol. The van der Waals surface area contributed by atoms with Gasteiger partial charge in [-0.1, -0.05) is 6.07 Å². The Kier molecular flexibility index (Phi) is 5.96. The molecule has 1 amide bonds. The van der Waals surface area contributed by atoms with Crippen LogP contribution >= 0.6 is 15.9 Å². The van der Waals surface area contributed by atoms with Crippen LogP contribution in [0.5, 0.6) is 5.75 Å². The highest BCUT2D eigenvalue weighted by atomic mass is 79.9. The average Bonchev–Trinajstić information content (AvgIpc) is 2.45. The molecule has 5 nitrogen and oxygen atoms in total. The van der Waals surface area contributed by atoms with Crippen molar-refractivity contribution < 1.29 is 19.4 Å². The van der Waals surface area contributed by atoms with Gasteiger partial charge in [-0.2, -0.15) is 0 Å². The van der Waals surface area contributed by atoms with Crippen LogP contribution < -0.4 is 10.1 Å². The molecule has 0 aromatic heterocycles. The standard InChI is InChI=1S/C15H18BrNO4/c1-8(9(2)15(19)20)14(18)17-10(3)11-5-6-13(21-4)12(16)7-11/h5-7,10H,1-4H3,(H,17,18)(H,19,20). The number of hydrogen-bond acceptors (Lipinski definition) is 3. The Morgan fingerprint density at radius 1 is 1.29 bits per heavy atom. The molecule has 0 spiro atoms. The Hall–Kier alpha value is -1.82. The summed E-state index contributed by atoms with van der Waals surface area (Å²) in [5.74, 6) is -0.785. The van der Waals surface area contributed by atoms with Gasteiger partial charge < -0.3 is 15.2 Å². The Bertz CT molecular complexity index is 595. The third-order valence-electron chi connectivity index (χ3n) is 3.25. The molecule has 1 rings (SSSR count). The first kappa shape index (κ1) is 17.2. The van der Waals surface area contributed by atoms with Crippen molar-refractivity contribution in [3.8, 4) is 5.75 Å². The minimum atomic E-state index is -1.09. The highest BCUT2D eigenvalue weighted by molar-refractivity contribution is 9.10. The Morgan fingerprint density at radius 3 is 2.38 bits per heavy atom. The van der Waals surface area contributed by atoms with Crippen molar-refractivity contribution in [3.63, 3.8) is 0 Å². The zero-order chi connectivity index (χ0) is 16.2. The van der Waals surface area contributed by atoms with Gasteiger partial charge in [-0.3, -0.25) is 4.79 Å². The van der Waals surface area contributed by atoms with Gasteiger partial charge in [0.05, 0.1) is 17.6 Å². The smallest absolute Gasteiger partial charge is 0.331 e. The molecule has 114 valence electrons. The third kappa shape index (κ3) is 4.32. The van der Waals surface area contributed by atoms with Crippen molar-refractivity contribution in [1.29, 1.82) is 0 Å². The summed E-state index contributed by atoms with van der Waals surface area (Å²) in [6, 6.07) is 5.24. The number of amides is 1. The molecule has 0 radical (unpaired) electrons. The lowest BCUT2D eigenvalue weighted by atomic mass is 10.1. The number of rotatable bonds is 5. The van der Waals surface area contributed by atoms with Crippen LogP contribution in [0, 0.1) is 0 Å². The Labute approximate surface area is 132 Å². The van der Waals surface area contributed by atoms with E-state index in [0.29, 0.717) is 5.75 Å². The number of nitrogens with one attached hydrogen (secondary N) is 1. The number of halogens is 1. The van der Waals surface area contributed by atoms with Crippen LogP contribution in [0.4, 0.5) is 0 Å². The highest BCUT2D eigenvalue weighted by Gasteiger charge is 2.16. The van der Waals surface area contributed by atoms with Gasteiger partial charge in [-0.25, -0.2) is 4.79 Å². The van der Waals surface area contributed by atoms with Crippen LogP contribution in [0.3, 0.4) is 0 Å². The number of carbonyl (C=O) groups is 2. The number of carbonyl (C=O) groups excluding carboxylic acids is 1. The number of methoxy groups -OCH3 is 1. The maximum Gasteiger partial charge on any atom is 0.331 e. The second-order valence-corrected chi connectivity index (χ2v) is 5.50. The van der Waals surface area contributed by atoms with E-state index in [-0.39, 0.29) is 17.2 Å². The molecule has 0 fully saturated rings. The number of ether oxygens (including phenoxy) is 1. The summed E-state index contributed by atoms with van der Waals surface area (Å²) in [6.07, 6.45) is 0. The molecule has 21 heavy (non-hydrogen) atoms. The zero-order valence-corrected chi connectivity index (χ0v) is 13.9. The minimum absolute atomic E-state index is 0.0376. The molecular formula is C15H18BrNO4. The molecule has 0 saturated heterocycles. The van der Waals surface area contributed by atoms with Gasteiger partial charge in [-0.05, 0) is 54.4 Å². The topological polar surface area (TPSA) is 75.6 Å². The SMILES string of the molecule is COc1ccc(C(C)NC(=O)C(C)=C(C)C(=O)O)cc1Br. The summed E-state index contributed by atoms with van der Waals surface area (Å²) < 4.78 is 5.94. The number of aliphatic carboxylic acids is 1. The number of benzene rings is 1. The van der Waals surface area contributed by atoms with E-state index >= 15 is 0 Å². The fourth-order valence-electron chi connectivity index (χ4n) is 1.67. The molecule has 6 heteroatoms. The number of hydrogen-bond donors (Lipinski definition) is 2. The third-order valence-corrected chi connectivity index (χ3v) is 3.87. The van der Waals surface area contributed by atoms with Crippen molar-refractivity contribution in [1.82, 2.24) is 5.32 Å². The Balaban J connectivity index is 2.89. The predicted octanol–water partition coefficient (Wildman–Crippen LogP) is 3.06. The van der Waals surface area contributed by atoms with Gasteiger partial charge in [-0.15, -0.1) is 0 Å². The Morgan fingerprint density at radius 2 is 1.90 bits per heavy atom. The lowest BCUT2D eigenvalue weighted by Crippen LogP contribution is -2.28. The van der Waals surface area contributed by atoms with Crippen molar-refractivity contribution in [2.45, 2.75) is 26.8 Å². The zero-order valence-electron chi connectivity index (χ0n) is 12.4. The lowest BCUT2D eigenvalue weighted by molar-refractivity contribution is -0.133. The monoisotopic (exact) mass is 355 g/mol. The number of carboxylic acids is 1. The highest BCUT2D eigenvalue weighted by Crippen LogP contribution is 2.28. The molecule has 0 aliphatic rings. The van der Waals surface area contributed by atoms with Crippen LogP contribution in [0.1, 0.15) is 32.4 Å². The summed E-state index contributed by atoms with van der Waals surface area (Å²) in [5, 5.41) is 11.7. The molecule has 0 heterocycles. The van der Waals surface area contributed by atoms with Gasteiger partial charge in [0.25, 0.3) is 0 Å². The van der Waals surface area contributed by atoms with E-state index < -0.39 is 11.9 Å². The van der Waals surface area contributed by atoms with Gasteiger partial charge in [0.2, 0.25) is 5.91 Å². The molecule has 0 aliphatic carbocycles. The van der Waals surface area contributed by atoms with E-state index in [1.54, 1.807) is 13.2 Å². The molecule has 1 aromatic carbocycles. The first-order valence-corrected chi connectivity index (χ1v) is 7.12. The molecular weight excluding hydrogens is 338 g/mol. The maximum absolute atomic E-state index is 12.0. The second kappa shape index (κ2) is 7.26. The van der Waals surface area contributed by atoms with Crippen LogP contribution in [-0.4, -0.2) is 24.1 Å². The van der Waals surface area contributed by atoms with Crippen molar-refractivity contribution in [3.05, 3.63) is 39.4 Å². The molecule has 0 bridgehead atoms. The van der Waals surface area contributed by atoms with E-state index in [1.165, 1.54) is 13.8 Å². The summed E-state index contributed by atoms with van der Waals surface area (Å²) in [7, 11) is 1.58. The molecule has 0 saturated carbocycles. The normalized spacial score (nSPS) is 13.2. The number of carboxylic acid groups (broad SMARTS) is 1. The maximum atomic E-state index is 12.0. The second-order valence-electron chi connectivity index (χ2n) is 4.64. The summed E-state index contributed by atoms with van der Waals surface area (Å²) >= 11 is 3.39. The molecule has 1 aromatic rings. The fraction of sp³-hybridized carbons (Fsp3) is 0.333. The minimum Gasteiger partial charge on any atom is -0.496 e. The summed E-state index contributed by atoms with van der Waals surface area (Å²) in [5.41, 5.74) is 1.12. The van der Waals surface area contributed by atoms with Crippen molar-refractivity contribution in [2.75, 3.05) is 7.11 Å². The van der Waals surface area contributed by atoms with E-state index in [0.717, 1.165) is 10.0 Å². The summed E-state index contributed by atoms with van der Waals surface area (Å²) in [6.45, 7) is 4.73. The largest absolute Gasteiger partial charge is 0.496 e. The summed E-state index contributed by atoms with van der Waals surface area (Å²) in [4.78, 5) is 22.9. The molecule has 2 N–H and O–H groups in total. The molecule has 1 unspecified atom stereocenters. The van der Waals surface area contributed by atoms with E-state index in [9.17, 15) is 9.59 Å². The molecule has 0 aliphatic heterocycles. The first-order valence-electron chi connectivity index (χ1n) is 6.33. The van der Waals surface area contributed by atoms with Crippen LogP contribution in [-0.2, 0) is 9.59 Å². The van der Waals surface area contributed by atoms with E-state index in [4.69, 9.17) is 9.84 Å². The van der Waals surface area contributed by atoms with Crippen LogP contribution in [0.15, 0.2) is 33.8 Å². The van der Waals surface area contributed by atoms with Crippen molar-refractivity contribution >= 4 is 27.8 Å². The van der Waals surface area contributed by atoms with Gasteiger partial charge in [0.15, 0.2) is 0 Å². The lowest BCUT2D eigenvalue weighted by Gasteiger charge is -2.16. The fourth-order valence-corrected chi connectivity index (χ4v) is 2.23. The van der Waals surface area contributed by atoms with Gasteiger partial charge in [0.1, 0.15) is 5.75 Å². The van der Waals surface area contributed by atoms with E-state index in [2.05, 4.69) is 21.2 Å². The first-order chi connectivity index (χ1) is 9.77. The average molecular weight is 356 g/mol. The quantitative estimate of drug-likeness (QED) is 0.795. The van der Waals surface area contributed by atoms with Gasteiger partial charge >= 0.3 is 5.97 Å². The van der Waals surface area contributed by atoms with Crippen molar-refractivity contribution in [2.24, 2.45) is 0 Å². The van der Waals surface area contributed by atoms with Gasteiger partial charge in [0, 0.05) is 11.1 Å². The van der Waals surface area contributed by atoms with E-state index in [1.807, 2.05) is 19.1 Å².